The molecule has 8 nitrogen and oxygen atoms in total. The molecule has 2 heterocycles. The van der Waals surface area contributed by atoms with Gasteiger partial charge in [-0.25, -0.2) is 0 Å². The molecule has 0 unspecified atom stereocenters. The molecule has 0 spiro atoms. The van der Waals surface area contributed by atoms with E-state index >= 15 is 0 Å². The minimum atomic E-state index is -0.179. The minimum Gasteiger partial charge on any atom is -0.502 e. The van der Waals surface area contributed by atoms with E-state index in [1.165, 1.54) is 37.1 Å². The zero-order valence-corrected chi connectivity index (χ0v) is 18.8. The lowest BCUT2D eigenvalue weighted by molar-refractivity contribution is -0.122. The summed E-state index contributed by atoms with van der Waals surface area (Å²) in [4.78, 5) is 15.1. The molecule has 1 aliphatic rings. The Morgan fingerprint density at radius 3 is 2.42 bits per heavy atom. The number of thioether (sulfide) groups is 1. The average molecular weight is 464 g/mol. The van der Waals surface area contributed by atoms with Crippen LogP contribution in [0.1, 0.15) is 16.9 Å². The third kappa shape index (κ3) is 5.09. The van der Waals surface area contributed by atoms with Crippen LogP contribution >= 0.6 is 11.8 Å². The number of hydrogen-bond donors (Lipinski definition) is 1. The fraction of sp³-hybridized carbons (Fsp3) is 0.125. The molecule has 0 aliphatic carbocycles. The summed E-state index contributed by atoms with van der Waals surface area (Å²) in [6, 6.07) is 16.4. The third-order valence-corrected chi connectivity index (χ3v) is 5.73. The highest BCUT2D eigenvalue weighted by molar-refractivity contribution is 8.18. The molecule has 0 radical (unpaired) electrons. The van der Waals surface area contributed by atoms with E-state index in [9.17, 15) is 9.90 Å². The molecule has 9 heteroatoms. The molecule has 33 heavy (non-hydrogen) atoms. The van der Waals surface area contributed by atoms with Crippen molar-refractivity contribution in [3.8, 4) is 17.2 Å². The quantitative estimate of drug-likeness (QED) is 0.315. The molecule has 1 fully saturated rings. The Morgan fingerprint density at radius 2 is 1.79 bits per heavy atom. The summed E-state index contributed by atoms with van der Waals surface area (Å²) >= 11 is 1.24. The van der Waals surface area contributed by atoms with E-state index in [-0.39, 0.29) is 29.7 Å². The van der Waals surface area contributed by atoms with E-state index in [4.69, 9.17) is 13.9 Å². The number of carbonyl (C=O) groups excluding carboxylic acids is 1. The topological polar surface area (TPSA) is 96.9 Å². The maximum atomic E-state index is 13.1. The number of aromatic hydroxyl groups is 1. The smallest absolute Gasteiger partial charge is 0.267 e. The molecule has 0 atom stereocenters. The van der Waals surface area contributed by atoms with Gasteiger partial charge in [0.25, 0.3) is 5.91 Å². The second-order valence-electron chi connectivity index (χ2n) is 6.89. The first-order chi connectivity index (χ1) is 16.1. The van der Waals surface area contributed by atoms with Crippen LogP contribution in [0, 0.1) is 0 Å². The fourth-order valence-electron chi connectivity index (χ4n) is 3.11. The van der Waals surface area contributed by atoms with Crippen molar-refractivity contribution in [2.75, 3.05) is 14.2 Å². The van der Waals surface area contributed by atoms with E-state index in [1.54, 1.807) is 30.5 Å². The normalized spacial score (nSPS) is 16.3. The fourth-order valence-corrected chi connectivity index (χ4v) is 4.05. The van der Waals surface area contributed by atoms with Gasteiger partial charge in [-0.1, -0.05) is 30.3 Å². The number of ether oxygens (including phenoxy) is 2. The molecule has 3 aromatic rings. The highest BCUT2D eigenvalue weighted by Crippen LogP contribution is 2.37. The number of rotatable bonds is 7. The summed E-state index contributed by atoms with van der Waals surface area (Å²) in [5, 5.41) is 18.9. The van der Waals surface area contributed by atoms with Gasteiger partial charge in [0, 0.05) is 5.56 Å². The Labute approximate surface area is 194 Å². The Kier molecular flexibility index (Phi) is 6.80. The second kappa shape index (κ2) is 10.1. The number of amidine groups is 1. The maximum Gasteiger partial charge on any atom is 0.267 e. The van der Waals surface area contributed by atoms with E-state index in [2.05, 4.69) is 10.2 Å². The van der Waals surface area contributed by atoms with Gasteiger partial charge in [-0.05, 0) is 47.7 Å². The van der Waals surface area contributed by atoms with Crippen molar-refractivity contribution in [2.24, 2.45) is 10.2 Å². The lowest BCUT2D eigenvalue weighted by atomic mass is 10.2. The Balaban J connectivity index is 1.63. The molecule has 1 amide bonds. The van der Waals surface area contributed by atoms with Gasteiger partial charge in [-0.15, -0.1) is 5.10 Å². The highest BCUT2D eigenvalue weighted by atomic mass is 32.2. The van der Waals surface area contributed by atoms with Crippen LogP contribution in [-0.2, 0) is 11.3 Å². The van der Waals surface area contributed by atoms with Crippen LogP contribution in [0.3, 0.4) is 0 Å². The lowest BCUT2D eigenvalue weighted by Crippen LogP contribution is -2.28. The molecule has 4 rings (SSSR count). The van der Waals surface area contributed by atoms with Gasteiger partial charge < -0.3 is 19.0 Å². The standard InChI is InChI=1S/C24H21N3O5S/c1-30-19-11-17(12-20(31-2)22(19)28)14-25-26-24-27(15-18-9-6-10-32-18)23(29)21(33-24)13-16-7-4-3-5-8-16/h3-14,28H,15H2,1-2H3/b21-13-,25-14+,26-24-. The van der Waals surface area contributed by atoms with Crippen molar-refractivity contribution in [3.05, 3.63) is 82.7 Å². The lowest BCUT2D eigenvalue weighted by Gasteiger charge is -2.12. The number of phenols is 1. The van der Waals surface area contributed by atoms with Gasteiger partial charge in [-0.3, -0.25) is 9.69 Å². The highest BCUT2D eigenvalue weighted by Gasteiger charge is 2.34. The molecule has 1 aromatic heterocycles. The zero-order valence-electron chi connectivity index (χ0n) is 18.0. The molecule has 0 bridgehead atoms. The van der Waals surface area contributed by atoms with Crippen molar-refractivity contribution < 1.29 is 23.8 Å². The zero-order chi connectivity index (χ0) is 23.2. The molecule has 1 aliphatic heterocycles. The SMILES string of the molecule is COc1cc(/C=N/N=C2\S/C(=C\c3ccccc3)C(=O)N2Cc2ccco2)cc(OC)c1O. The average Bonchev–Trinajstić information content (AvgIpc) is 3.45. The molecule has 1 N–H and O–H groups in total. The van der Waals surface area contributed by atoms with Crippen LogP contribution in [0.2, 0.25) is 0 Å². The predicted octanol–water partition coefficient (Wildman–Crippen LogP) is 4.51. The third-order valence-electron chi connectivity index (χ3n) is 4.73. The Hall–Kier alpha value is -3.98. The van der Waals surface area contributed by atoms with Crippen molar-refractivity contribution in [1.82, 2.24) is 4.90 Å². The minimum absolute atomic E-state index is 0.0966. The summed E-state index contributed by atoms with van der Waals surface area (Å²) < 4.78 is 15.7. The van der Waals surface area contributed by atoms with Gasteiger partial charge >= 0.3 is 0 Å². The predicted molar refractivity (Wildman–Crippen MR) is 128 cm³/mol. The van der Waals surface area contributed by atoms with E-state index in [0.29, 0.717) is 21.4 Å². The summed E-state index contributed by atoms with van der Waals surface area (Å²) in [6.45, 7) is 0.236. The van der Waals surface area contributed by atoms with Crippen molar-refractivity contribution >= 4 is 35.1 Å². The first kappa shape index (κ1) is 22.2. The van der Waals surface area contributed by atoms with Gasteiger partial charge in [0.15, 0.2) is 16.7 Å². The van der Waals surface area contributed by atoms with Gasteiger partial charge in [0.1, 0.15) is 5.76 Å². The summed E-state index contributed by atoms with van der Waals surface area (Å²) in [5.74, 6) is 0.861. The summed E-state index contributed by atoms with van der Waals surface area (Å²) in [6.07, 6.45) is 4.88. The molecule has 2 aromatic carbocycles. The van der Waals surface area contributed by atoms with Crippen LogP contribution in [0.5, 0.6) is 17.2 Å². The second-order valence-corrected chi connectivity index (χ2v) is 7.90. The number of carbonyl (C=O) groups is 1. The number of nitrogens with zero attached hydrogens (tertiary/aromatic N) is 3. The van der Waals surface area contributed by atoms with Gasteiger partial charge in [0.2, 0.25) is 5.75 Å². The Morgan fingerprint density at radius 1 is 1.06 bits per heavy atom. The van der Waals surface area contributed by atoms with Crippen LogP contribution in [-0.4, -0.2) is 41.5 Å². The Bertz CT molecular complexity index is 1200. The maximum absolute atomic E-state index is 13.1. The summed E-state index contributed by atoms with van der Waals surface area (Å²) in [5.41, 5.74) is 1.53. The monoisotopic (exact) mass is 463 g/mol. The van der Waals surface area contributed by atoms with Crippen LogP contribution in [0.25, 0.3) is 6.08 Å². The van der Waals surface area contributed by atoms with Gasteiger partial charge in [-0.2, -0.15) is 5.10 Å². The molecule has 1 saturated heterocycles. The van der Waals surface area contributed by atoms with E-state index in [0.717, 1.165) is 5.56 Å². The largest absolute Gasteiger partial charge is 0.502 e. The number of hydrogen-bond acceptors (Lipinski definition) is 8. The van der Waals surface area contributed by atoms with Crippen molar-refractivity contribution in [1.29, 1.82) is 0 Å². The van der Waals surface area contributed by atoms with E-state index in [1.807, 2.05) is 36.4 Å². The molecule has 168 valence electrons. The number of methoxy groups -OCH3 is 2. The van der Waals surface area contributed by atoms with Crippen LogP contribution < -0.4 is 9.47 Å². The molecular weight excluding hydrogens is 442 g/mol. The number of phenolic OH excluding ortho intramolecular Hbond substituents is 1. The van der Waals surface area contributed by atoms with Crippen LogP contribution in [0.4, 0.5) is 0 Å². The molecular formula is C24H21N3O5S. The van der Waals surface area contributed by atoms with Crippen molar-refractivity contribution in [3.63, 3.8) is 0 Å². The van der Waals surface area contributed by atoms with E-state index < -0.39 is 0 Å². The van der Waals surface area contributed by atoms with Gasteiger partial charge in [0.05, 0.1) is 38.1 Å². The van der Waals surface area contributed by atoms with Crippen molar-refractivity contribution in [2.45, 2.75) is 6.54 Å². The number of benzene rings is 2. The first-order valence-electron chi connectivity index (χ1n) is 9.94. The number of furan rings is 1. The van der Waals surface area contributed by atoms with Crippen LogP contribution in [0.15, 0.2) is 80.4 Å². The summed E-state index contributed by atoms with van der Waals surface area (Å²) in [7, 11) is 2.90. The molecule has 0 saturated carbocycles. The number of amides is 1. The first-order valence-corrected chi connectivity index (χ1v) is 10.8.